The summed E-state index contributed by atoms with van der Waals surface area (Å²) in [5.74, 6) is 0.448. The Labute approximate surface area is 77.8 Å². The van der Waals surface area contributed by atoms with E-state index in [1.807, 2.05) is 13.8 Å². The molecule has 4 heteroatoms. The van der Waals surface area contributed by atoms with Crippen molar-refractivity contribution in [1.29, 1.82) is 0 Å². The lowest BCUT2D eigenvalue weighted by molar-refractivity contribution is -0.116. The monoisotopic (exact) mass is 185 g/mol. The number of ketones is 1. The van der Waals surface area contributed by atoms with Gasteiger partial charge in [-0.15, -0.1) is 0 Å². The van der Waals surface area contributed by atoms with Gasteiger partial charge in [-0.2, -0.15) is 0 Å². The van der Waals surface area contributed by atoms with Crippen molar-refractivity contribution in [2.75, 3.05) is 19.7 Å². The topological polar surface area (TPSA) is 46.6 Å². The number of nitrogens with zero attached hydrogens (tertiary/aromatic N) is 1. The van der Waals surface area contributed by atoms with Crippen LogP contribution < -0.4 is 0 Å². The van der Waals surface area contributed by atoms with Gasteiger partial charge in [0.15, 0.2) is 5.78 Å². The smallest absolute Gasteiger partial charge is 0.410 e. The second-order valence-electron chi connectivity index (χ2n) is 3.68. The maximum atomic E-state index is 11.2. The minimum Gasteiger partial charge on any atom is -0.449 e. The zero-order valence-corrected chi connectivity index (χ0v) is 8.08. The van der Waals surface area contributed by atoms with Gasteiger partial charge in [0, 0.05) is 13.0 Å². The summed E-state index contributed by atoms with van der Waals surface area (Å²) in [5.41, 5.74) is 0. The van der Waals surface area contributed by atoms with Crippen molar-refractivity contribution in [2.45, 2.75) is 20.3 Å². The Balaban J connectivity index is 2.27. The molecule has 0 N–H and O–H groups in total. The third-order valence-corrected chi connectivity index (χ3v) is 1.83. The first kappa shape index (κ1) is 10.0. The van der Waals surface area contributed by atoms with Crippen LogP contribution in [0.5, 0.6) is 0 Å². The molecule has 13 heavy (non-hydrogen) atoms. The molecule has 4 nitrogen and oxygen atoms in total. The van der Waals surface area contributed by atoms with Crippen molar-refractivity contribution in [2.24, 2.45) is 5.92 Å². The number of likely N-dealkylation sites (tertiary alicyclic amines) is 1. The Morgan fingerprint density at radius 2 is 2.31 bits per heavy atom. The number of rotatable bonds is 2. The van der Waals surface area contributed by atoms with Crippen LogP contribution in [-0.4, -0.2) is 36.5 Å². The third kappa shape index (κ3) is 3.05. The molecule has 0 radical (unpaired) electrons. The summed E-state index contributed by atoms with van der Waals surface area (Å²) in [7, 11) is 0. The second-order valence-corrected chi connectivity index (χ2v) is 3.68. The molecule has 0 spiro atoms. The van der Waals surface area contributed by atoms with E-state index in [9.17, 15) is 9.59 Å². The lowest BCUT2D eigenvalue weighted by Crippen LogP contribution is -2.30. The first-order valence-corrected chi connectivity index (χ1v) is 4.53. The maximum absolute atomic E-state index is 11.2. The Kier molecular flexibility index (Phi) is 3.28. The van der Waals surface area contributed by atoms with Gasteiger partial charge in [-0.05, 0) is 5.92 Å². The van der Waals surface area contributed by atoms with Crippen LogP contribution in [0.1, 0.15) is 20.3 Å². The summed E-state index contributed by atoms with van der Waals surface area (Å²) >= 11 is 0. The van der Waals surface area contributed by atoms with Gasteiger partial charge in [0.05, 0.1) is 13.2 Å². The van der Waals surface area contributed by atoms with Crippen LogP contribution in [-0.2, 0) is 9.53 Å². The summed E-state index contributed by atoms with van der Waals surface area (Å²) in [6.45, 7) is 5.10. The molecule has 1 aliphatic rings. The zero-order valence-electron chi connectivity index (χ0n) is 8.08. The third-order valence-electron chi connectivity index (χ3n) is 1.83. The van der Waals surface area contributed by atoms with E-state index in [4.69, 9.17) is 4.74 Å². The minimum absolute atomic E-state index is 0.112. The lowest BCUT2D eigenvalue weighted by atomic mass is 10.2. The first-order valence-electron chi connectivity index (χ1n) is 4.53. The van der Waals surface area contributed by atoms with E-state index in [2.05, 4.69) is 0 Å². The number of carbonyl (C=O) groups excluding carboxylic acids is 2. The molecule has 1 fully saturated rings. The summed E-state index contributed by atoms with van der Waals surface area (Å²) < 4.78 is 4.97. The van der Waals surface area contributed by atoms with E-state index >= 15 is 0 Å². The fraction of sp³-hybridized carbons (Fsp3) is 0.778. The molecule has 0 bridgehead atoms. The molecular formula is C9H15NO3. The highest BCUT2D eigenvalue weighted by Crippen LogP contribution is 2.06. The predicted octanol–water partition coefficient (Wildman–Crippen LogP) is 1.05. The van der Waals surface area contributed by atoms with Gasteiger partial charge in [0.1, 0.15) is 0 Å². The average Bonchev–Trinajstić information content (AvgIpc) is 2.47. The number of Topliss-reactive ketones (excluding diaryl/α,β-unsaturated/α-hetero) is 1. The van der Waals surface area contributed by atoms with Gasteiger partial charge in [-0.3, -0.25) is 4.79 Å². The standard InChI is InChI=1S/C9H15NO3/c1-7(2)6-13-9(12)10-4-3-8(11)5-10/h7H,3-6H2,1-2H3. The van der Waals surface area contributed by atoms with E-state index in [0.717, 1.165) is 0 Å². The van der Waals surface area contributed by atoms with Gasteiger partial charge in [0.25, 0.3) is 0 Å². The molecule has 0 aliphatic carbocycles. The highest BCUT2D eigenvalue weighted by molar-refractivity contribution is 5.87. The van der Waals surface area contributed by atoms with Gasteiger partial charge >= 0.3 is 6.09 Å². The van der Waals surface area contributed by atoms with Crippen LogP contribution in [0.3, 0.4) is 0 Å². The number of hydrogen-bond acceptors (Lipinski definition) is 3. The number of amides is 1. The molecule has 0 aromatic rings. The minimum atomic E-state index is -0.362. The molecule has 0 aromatic carbocycles. The molecule has 0 aromatic heterocycles. The number of carbonyl (C=O) groups is 2. The fourth-order valence-electron chi connectivity index (χ4n) is 1.12. The van der Waals surface area contributed by atoms with Gasteiger partial charge < -0.3 is 9.64 Å². The molecule has 1 rings (SSSR count). The van der Waals surface area contributed by atoms with Crippen LogP contribution >= 0.6 is 0 Å². The number of ether oxygens (including phenoxy) is 1. The van der Waals surface area contributed by atoms with Gasteiger partial charge in [-0.25, -0.2) is 4.79 Å². The van der Waals surface area contributed by atoms with Crippen LogP contribution in [0.4, 0.5) is 4.79 Å². The molecule has 0 atom stereocenters. The van der Waals surface area contributed by atoms with Crippen molar-refractivity contribution in [3.8, 4) is 0 Å². The van der Waals surface area contributed by atoms with Gasteiger partial charge in [-0.1, -0.05) is 13.8 Å². The van der Waals surface area contributed by atoms with Gasteiger partial charge in [0.2, 0.25) is 0 Å². The molecule has 0 unspecified atom stereocenters. The van der Waals surface area contributed by atoms with Crippen LogP contribution in [0, 0.1) is 5.92 Å². The average molecular weight is 185 g/mol. The second kappa shape index (κ2) is 4.25. The lowest BCUT2D eigenvalue weighted by Gasteiger charge is -2.15. The van der Waals surface area contributed by atoms with Crippen molar-refractivity contribution < 1.29 is 14.3 Å². The van der Waals surface area contributed by atoms with E-state index in [1.54, 1.807) is 0 Å². The van der Waals surface area contributed by atoms with E-state index < -0.39 is 0 Å². The normalized spacial score (nSPS) is 16.8. The van der Waals surface area contributed by atoms with E-state index in [0.29, 0.717) is 25.5 Å². The Morgan fingerprint density at radius 3 is 2.77 bits per heavy atom. The molecule has 1 amide bonds. The zero-order chi connectivity index (χ0) is 9.84. The van der Waals surface area contributed by atoms with E-state index in [1.165, 1.54) is 4.90 Å². The quantitative estimate of drug-likeness (QED) is 0.646. The largest absolute Gasteiger partial charge is 0.449 e. The summed E-state index contributed by atoms with van der Waals surface area (Å²) in [4.78, 5) is 23.5. The van der Waals surface area contributed by atoms with Crippen molar-refractivity contribution >= 4 is 11.9 Å². The van der Waals surface area contributed by atoms with Crippen LogP contribution in [0.2, 0.25) is 0 Å². The molecule has 1 saturated heterocycles. The van der Waals surface area contributed by atoms with Crippen LogP contribution in [0.15, 0.2) is 0 Å². The predicted molar refractivity (Wildman–Crippen MR) is 47.4 cm³/mol. The fourth-order valence-corrected chi connectivity index (χ4v) is 1.12. The summed E-state index contributed by atoms with van der Waals surface area (Å²) in [6, 6.07) is 0. The maximum Gasteiger partial charge on any atom is 0.410 e. The highest BCUT2D eigenvalue weighted by atomic mass is 16.6. The molecule has 0 saturated carbocycles. The Bertz CT molecular complexity index is 213. The molecule has 74 valence electrons. The summed E-state index contributed by atoms with van der Waals surface area (Å²) in [6.07, 6.45) is 0.107. The van der Waals surface area contributed by atoms with E-state index in [-0.39, 0.29) is 18.4 Å². The summed E-state index contributed by atoms with van der Waals surface area (Å²) in [5, 5.41) is 0. The van der Waals surface area contributed by atoms with Crippen molar-refractivity contribution in [3.05, 3.63) is 0 Å². The SMILES string of the molecule is CC(C)COC(=O)N1CCC(=O)C1. The van der Waals surface area contributed by atoms with Crippen molar-refractivity contribution in [3.63, 3.8) is 0 Å². The Morgan fingerprint density at radius 1 is 1.62 bits per heavy atom. The Hall–Kier alpha value is -1.06. The first-order chi connectivity index (χ1) is 6.09. The molecule has 1 aliphatic heterocycles. The molecule has 1 heterocycles. The molecular weight excluding hydrogens is 170 g/mol. The van der Waals surface area contributed by atoms with Crippen molar-refractivity contribution in [1.82, 2.24) is 4.90 Å². The van der Waals surface area contributed by atoms with Crippen LogP contribution in [0.25, 0.3) is 0 Å². The number of hydrogen-bond donors (Lipinski definition) is 0. The highest BCUT2D eigenvalue weighted by Gasteiger charge is 2.24.